The van der Waals surface area contributed by atoms with Crippen molar-refractivity contribution in [3.8, 4) is 0 Å². The fourth-order valence-corrected chi connectivity index (χ4v) is 3.65. The summed E-state index contributed by atoms with van der Waals surface area (Å²) in [5.74, 6) is -0.724. The highest BCUT2D eigenvalue weighted by molar-refractivity contribution is 6.03. The lowest BCUT2D eigenvalue weighted by molar-refractivity contribution is -0.384. The molecule has 1 saturated carbocycles. The van der Waals surface area contributed by atoms with Crippen molar-refractivity contribution in [2.24, 2.45) is 10.8 Å². The Morgan fingerprint density at radius 1 is 1.22 bits per heavy atom. The van der Waals surface area contributed by atoms with Crippen LogP contribution in [0.15, 0.2) is 24.3 Å². The third kappa shape index (κ3) is 1.82. The van der Waals surface area contributed by atoms with E-state index in [1.165, 1.54) is 24.3 Å². The number of nitrogens with one attached hydrogen (secondary N) is 1. The molecule has 2 unspecified atom stereocenters. The first-order valence-electron chi connectivity index (χ1n) is 7.43. The molecule has 2 bridgehead atoms. The topological polar surface area (TPSA) is 98.5 Å². The van der Waals surface area contributed by atoms with Gasteiger partial charge >= 0.3 is 5.97 Å². The second-order valence-corrected chi connectivity index (χ2v) is 6.93. The van der Waals surface area contributed by atoms with Gasteiger partial charge in [-0.3, -0.25) is 19.7 Å². The van der Waals surface area contributed by atoms with Crippen LogP contribution < -0.4 is 5.32 Å². The summed E-state index contributed by atoms with van der Waals surface area (Å²) in [4.78, 5) is 35.1. The molecular weight excluding hydrogens is 300 g/mol. The van der Waals surface area contributed by atoms with E-state index in [1.54, 1.807) is 0 Å². The van der Waals surface area contributed by atoms with Crippen LogP contribution in [0.2, 0.25) is 0 Å². The summed E-state index contributed by atoms with van der Waals surface area (Å²) in [5.41, 5.74) is -2.10. The van der Waals surface area contributed by atoms with E-state index in [4.69, 9.17) is 4.74 Å². The SMILES string of the molecule is CC12CCC(C(=O)Nc3ccc([N+](=O)[O-])cc3)(OC1=O)C2(C)C. The predicted octanol–water partition coefficient (Wildman–Crippen LogP) is 2.66. The smallest absolute Gasteiger partial charge is 0.313 e. The number of nitro groups is 1. The number of fused-ring (bicyclic) bond motifs is 2. The number of carbonyl (C=O) groups excluding carboxylic acids is 2. The maximum atomic E-state index is 12.8. The van der Waals surface area contributed by atoms with Gasteiger partial charge in [-0.05, 0) is 31.9 Å². The summed E-state index contributed by atoms with van der Waals surface area (Å²) in [6.45, 7) is 5.59. The lowest BCUT2D eigenvalue weighted by atomic mass is 9.66. The number of esters is 1. The number of hydrogen-bond acceptors (Lipinski definition) is 5. The lowest BCUT2D eigenvalue weighted by Gasteiger charge is -2.35. The molecule has 0 aromatic heterocycles. The molecule has 1 aliphatic carbocycles. The number of hydrogen-bond donors (Lipinski definition) is 1. The molecule has 1 aromatic rings. The van der Waals surface area contributed by atoms with Gasteiger partial charge < -0.3 is 10.1 Å². The number of non-ortho nitro benzene ring substituents is 1. The zero-order valence-electron chi connectivity index (χ0n) is 13.2. The first-order chi connectivity index (χ1) is 10.6. The Labute approximate surface area is 133 Å². The van der Waals surface area contributed by atoms with Crippen molar-refractivity contribution in [2.75, 3.05) is 5.32 Å². The molecule has 7 nitrogen and oxygen atoms in total. The van der Waals surface area contributed by atoms with Gasteiger partial charge in [0, 0.05) is 23.2 Å². The predicted molar refractivity (Wildman–Crippen MR) is 81.7 cm³/mol. The molecular formula is C16H18N2O5. The Hall–Kier alpha value is -2.44. The monoisotopic (exact) mass is 318 g/mol. The van der Waals surface area contributed by atoms with Crippen LogP contribution in [0.4, 0.5) is 11.4 Å². The van der Waals surface area contributed by atoms with Crippen LogP contribution in [0.1, 0.15) is 33.6 Å². The fraction of sp³-hybridized carbons (Fsp3) is 0.500. The number of rotatable bonds is 3. The molecule has 1 amide bonds. The molecule has 1 heterocycles. The van der Waals surface area contributed by atoms with Crippen molar-refractivity contribution >= 4 is 23.3 Å². The maximum Gasteiger partial charge on any atom is 0.313 e. The van der Waals surface area contributed by atoms with E-state index in [9.17, 15) is 19.7 Å². The molecule has 0 spiro atoms. The van der Waals surface area contributed by atoms with Gasteiger partial charge in [0.05, 0.1) is 10.3 Å². The average Bonchev–Trinajstić information content (AvgIpc) is 2.78. The zero-order chi connectivity index (χ0) is 17.0. The molecule has 0 radical (unpaired) electrons. The van der Waals surface area contributed by atoms with Crippen LogP contribution in [0, 0.1) is 20.9 Å². The fourth-order valence-electron chi connectivity index (χ4n) is 3.65. The second-order valence-electron chi connectivity index (χ2n) is 6.93. The van der Waals surface area contributed by atoms with Crippen molar-refractivity contribution in [2.45, 2.75) is 39.2 Å². The highest BCUT2D eigenvalue weighted by Gasteiger charge is 2.75. The van der Waals surface area contributed by atoms with Crippen LogP contribution in [0.25, 0.3) is 0 Å². The third-order valence-electron chi connectivity index (χ3n) is 5.79. The van der Waals surface area contributed by atoms with Gasteiger partial charge in [-0.15, -0.1) is 0 Å². The Morgan fingerprint density at radius 2 is 1.83 bits per heavy atom. The van der Waals surface area contributed by atoms with Crippen molar-refractivity contribution in [3.63, 3.8) is 0 Å². The lowest BCUT2D eigenvalue weighted by Crippen LogP contribution is -2.50. The zero-order valence-corrected chi connectivity index (χ0v) is 13.2. The number of ether oxygens (including phenoxy) is 1. The largest absolute Gasteiger partial charge is 0.448 e. The first-order valence-corrected chi connectivity index (χ1v) is 7.43. The summed E-state index contributed by atoms with van der Waals surface area (Å²) in [7, 11) is 0. The minimum absolute atomic E-state index is 0.0535. The van der Waals surface area contributed by atoms with Gasteiger partial charge in [0.15, 0.2) is 5.60 Å². The van der Waals surface area contributed by atoms with E-state index in [-0.39, 0.29) is 17.6 Å². The van der Waals surface area contributed by atoms with Gasteiger partial charge in [0.2, 0.25) is 0 Å². The van der Waals surface area contributed by atoms with E-state index in [0.717, 1.165) is 0 Å². The Kier molecular flexibility index (Phi) is 3.05. The molecule has 3 rings (SSSR count). The van der Waals surface area contributed by atoms with E-state index in [1.807, 2.05) is 20.8 Å². The number of anilines is 1. The summed E-state index contributed by atoms with van der Waals surface area (Å²) in [6.07, 6.45) is 1.08. The highest BCUT2D eigenvalue weighted by atomic mass is 16.6. The number of nitro benzene ring substituents is 1. The Bertz CT molecular complexity index is 712. The summed E-state index contributed by atoms with van der Waals surface area (Å²) < 4.78 is 5.50. The van der Waals surface area contributed by atoms with E-state index in [0.29, 0.717) is 18.5 Å². The highest BCUT2D eigenvalue weighted by Crippen LogP contribution is 2.65. The van der Waals surface area contributed by atoms with Gasteiger partial charge in [-0.1, -0.05) is 13.8 Å². The van der Waals surface area contributed by atoms with Gasteiger partial charge in [0.1, 0.15) is 0 Å². The summed E-state index contributed by atoms with van der Waals surface area (Å²) in [5, 5.41) is 13.4. The molecule has 1 aliphatic heterocycles. The van der Waals surface area contributed by atoms with Crippen molar-refractivity contribution in [1.29, 1.82) is 0 Å². The summed E-state index contributed by atoms with van der Waals surface area (Å²) in [6, 6.07) is 5.56. The van der Waals surface area contributed by atoms with Crippen LogP contribution in [-0.2, 0) is 14.3 Å². The quantitative estimate of drug-likeness (QED) is 0.525. The molecule has 2 atom stereocenters. The standard InChI is InChI=1S/C16H18N2O5/c1-14(2)15(3)8-9-16(14,23-13(15)20)12(19)17-10-4-6-11(7-5-10)18(21)22/h4-7H,8-9H2,1-3H3,(H,17,19). The van der Waals surface area contributed by atoms with Gasteiger partial charge in [-0.2, -0.15) is 0 Å². The third-order valence-corrected chi connectivity index (χ3v) is 5.79. The van der Waals surface area contributed by atoms with Gasteiger partial charge in [-0.25, -0.2) is 0 Å². The van der Waals surface area contributed by atoms with Crippen molar-refractivity contribution < 1.29 is 19.2 Å². The summed E-state index contributed by atoms with van der Waals surface area (Å²) >= 11 is 0. The minimum atomic E-state index is -1.19. The molecule has 1 saturated heterocycles. The minimum Gasteiger partial charge on any atom is -0.448 e. The second kappa shape index (κ2) is 4.53. The number of benzene rings is 1. The normalized spacial score (nSPS) is 30.8. The average molecular weight is 318 g/mol. The van der Waals surface area contributed by atoms with Crippen LogP contribution in [-0.4, -0.2) is 22.4 Å². The van der Waals surface area contributed by atoms with E-state index in [2.05, 4.69) is 5.32 Å². The molecule has 7 heteroatoms. The molecule has 2 aliphatic rings. The van der Waals surface area contributed by atoms with Gasteiger partial charge in [0.25, 0.3) is 11.6 Å². The molecule has 1 aromatic carbocycles. The van der Waals surface area contributed by atoms with E-state index >= 15 is 0 Å². The molecule has 2 fully saturated rings. The Balaban J connectivity index is 1.86. The number of carbonyl (C=O) groups is 2. The van der Waals surface area contributed by atoms with E-state index < -0.39 is 21.4 Å². The van der Waals surface area contributed by atoms with Crippen molar-refractivity contribution in [3.05, 3.63) is 34.4 Å². The van der Waals surface area contributed by atoms with Crippen LogP contribution >= 0.6 is 0 Å². The molecule has 1 N–H and O–H groups in total. The Morgan fingerprint density at radius 3 is 2.26 bits per heavy atom. The van der Waals surface area contributed by atoms with Crippen molar-refractivity contribution in [1.82, 2.24) is 0 Å². The first kappa shape index (κ1) is 15.5. The molecule has 23 heavy (non-hydrogen) atoms. The van der Waals surface area contributed by atoms with Crippen LogP contribution in [0.5, 0.6) is 0 Å². The molecule has 122 valence electrons. The van der Waals surface area contributed by atoms with Crippen LogP contribution in [0.3, 0.4) is 0 Å². The maximum absolute atomic E-state index is 12.8. The number of nitrogens with zero attached hydrogens (tertiary/aromatic N) is 1. The number of amides is 1.